The highest BCUT2D eigenvalue weighted by Gasteiger charge is 2.09. The summed E-state index contributed by atoms with van der Waals surface area (Å²) in [6.45, 7) is 6.08. The van der Waals surface area contributed by atoms with Gasteiger partial charge in [-0.3, -0.25) is 4.72 Å². The van der Waals surface area contributed by atoms with Crippen molar-refractivity contribution < 1.29 is 8.42 Å². The molecule has 1 aromatic carbocycles. The van der Waals surface area contributed by atoms with Crippen LogP contribution >= 0.6 is 11.3 Å². The molecule has 6 nitrogen and oxygen atoms in total. The maximum atomic E-state index is 11.5. The molecule has 0 aliphatic heterocycles. The SMILES string of the molecule is CCNC(=NCc1ccccc1NS(C)(=O)=O)NCC(C)c1ccsc1. The average Bonchev–Trinajstić information content (AvgIpc) is 3.11. The normalized spacial score (nSPS) is 13.3. The van der Waals surface area contributed by atoms with Crippen molar-refractivity contribution in [2.24, 2.45) is 4.99 Å². The van der Waals surface area contributed by atoms with Crippen molar-refractivity contribution in [3.8, 4) is 0 Å². The summed E-state index contributed by atoms with van der Waals surface area (Å²) < 4.78 is 25.6. The number of benzene rings is 1. The number of nitrogens with one attached hydrogen (secondary N) is 3. The van der Waals surface area contributed by atoms with Gasteiger partial charge in [-0.2, -0.15) is 11.3 Å². The second-order valence-electron chi connectivity index (χ2n) is 6.07. The molecule has 0 fully saturated rings. The van der Waals surface area contributed by atoms with Crippen LogP contribution in [0.2, 0.25) is 0 Å². The number of anilines is 1. The number of nitrogens with zero attached hydrogens (tertiary/aromatic N) is 1. The van der Waals surface area contributed by atoms with Gasteiger partial charge in [0, 0.05) is 13.1 Å². The lowest BCUT2D eigenvalue weighted by Crippen LogP contribution is -2.39. The van der Waals surface area contributed by atoms with Crippen molar-refractivity contribution in [2.45, 2.75) is 26.3 Å². The summed E-state index contributed by atoms with van der Waals surface area (Å²) in [7, 11) is -3.32. The number of hydrogen-bond donors (Lipinski definition) is 3. The Labute approximate surface area is 159 Å². The summed E-state index contributed by atoms with van der Waals surface area (Å²) in [5, 5.41) is 10.8. The molecular weight excluding hydrogens is 368 g/mol. The topological polar surface area (TPSA) is 82.6 Å². The van der Waals surface area contributed by atoms with Crippen LogP contribution in [0.25, 0.3) is 0 Å². The summed E-state index contributed by atoms with van der Waals surface area (Å²) in [6.07, 6.45) is 1.14. The number of para-hydroxylation sites is 1. The second-order valence-corrected chi connectivity index (χ2v) is 8.59. The van der Waals surface area contributed by atoms with Crippen LogP contribution in [0, 0.1) is 0 Å². The highest BCUT2D eigenvalue weighted by Crippen LogP contribution is 2.18. The highest BCUT2D eigenvalue weighted by atomic mass is 32.2. The van der Waals surface area contributed by atoms with E-state index in [1.54, 1.807) is 23.5 Å². The summed E-state index contributed by atoms with van der Waals surface area (Å²) in [6, 6.07) is 9.41. The molecule has 26 heavy (non-hydrogen) atoms. The lowest BCUT2D eigenvalue weighted by molar-refractivity contribution is 0.606. The van der Waals surface area contributed by atoms with Crippen LogP contribution in [0.1, 0.15) is 30.9 Å². The summed E-state index contributed by atoms with van der Waals surface area (Å²) in [4.78, 5) is 4.59. The Balaban J connectivity index is 2.05. The van der Waals surface area contributed by atoms with Crippen LogP contribution in [0.3, 0.4) is 0 Å². The Morgan fingerprint density at radius 3 is 2.65 bits per heavy atom. The molecule has 0 aliphatic rings. The summed E-state index contributed by atoms with van der Waals surface area (Å²) in [5.41, 5.74) is 2.68. The maximum absolute atomic E-state index is 11.5. The Bertz CT molecular complexity index is 817. The Morgan fingerprint density at radius 1 is 1.23 bits per heavy atom. The molecule has 1 atom stereocenters. The Morgan fingerprint density at radius 2 is 2.00 bits per heavy atom. The molecule has 2 aromatic rings. The van der Waals surface area contributed by atoms with Crippen molar-refractivity contribution in [2.75, 3.05) is 24.1 Å². The average molecular weight is 395 g/mol. The molecule has 1 aromatic heterocycles. The molecule has 0 spiro atoms. The minimum atomic E-state index is -3.32. The van der Waals surface area contributed by atoms with Crippen LogP contribution in [-0.4, -0.2) is 33.7 Å². The lowest BCUT2D eigenvalue weighted by atomic mass is 10.1. The molecular formula is C18H26N4O2S2. The van der Waals surface area contributed by atoms with Crippen molar-refractivity contribution in [3.05, 3.63) is 52.2 Å². The molecule has 0 amide bonds. The van der Waals surface area contributed by atoms with E-state index in [-0.39, 0.29) is 0 Å². The Hall–Kier alpha value is -2.06. The molecule has 0 radical (unpaired) electrons. The van der Waals surface area contributed by atoms with Crippen LogP contribution in [-0.2, 0) is 16.6 Å². The molecule has 1 unspecified atom stereocenters. The van der Waals surface area contributed by atoms with E-state index >= 15 is 0 Å². The van der Waals surface area contributed by atoms with E-state index in [1.807, 2.05) is 19.1 Å². The van der Waals surface area contributed by atoms with E-state index in [0.717, 1.165) is 24.9 Å². The van der Waals surface area contributed by atoms with Crippen LogP contribution in [0.15, 0.2) is 46.1 Å². The van der Waals surface area contributed by atoms with E-state index in [9.17, 15) is 8.42 Å². The molecule has 142 valence electrons. The zero-order chi connectivity index (χ0) is 19.0. The molecule has 1 heterocycles. The van der Waals surface area contributed by atoms with Crippen molar-refractivity contribution in [1.82, 2.24) is 10.6 Å². The van der Waals surface area contributed by atoms with E-state index in [4.69, 9.17) is 0 Å². The number of hydrogen-bond acceptors (Lipinski definition) is 4. The van der Waals surface area contributed by atoms with Gasteiger partial charge in [-0.1, -0.05) is 25.1 Å². The minimum Gasteiger partial charge on any atom is -0.357 e. The van der Waals surface area contributed by atoms with Crippen LogP contribution in [0.4, 0.5) is 5.69 Å². The van der Waals surface area contributed by atoms with Gasteiger partial charge in [0.15, 0.2) is 5.96 Å². The predicted molar refractivity (Wildman–Crippen MR) is 110 cm³/mol. The first kappa shape index (κ1) is 20.3. The van der Waals surface area contributed by atoms with Crippen LogP contribution in [0.5, 0.6) is 0 Å². The summed E-state index contributed by atoms with van der Waals surface area (Å²) >= 11 is 1.70. The fraction of sp³-hybridized carbons (Fsp3) is 0.389. The molecule has 0 saturated heterocycles. The first-order chi connectivity index (χ1) is 12.4. The zero-order valence-electron chi connectivity index (χ0n) is 15.3. The van der Waals surface area contributed by atoms with Gasteiger partial charge in [-0.05, 0) is 46.9 Å². The number of rotatable bonds is 8. The van der Waals surface area contributed by atoms with Gasteiger partial charge in [0.2, 0.25) is 10.0 Å². The van der Waals surface area contributed by atoms with Gasteiger partial charge >= 0.3 is 0 Å². The smallest absolute Gasteiger partial charge is 0.229 e. The van der Waals surface area contributed by atoms with Gasteiger partial charge in [0.05, 0.1) is 18.5 Å². The van der Waals surface area contributed by atoms with E-state index < -0.39 is 10.0 Å². The third kappa shape index (κ3) is 6.68. The first-order valence-corrected chi connectivity index (χ1v) is 11.3. The fourth-order valence-electron chi connectivity index (χ4n) is 2.39. The van der Waals surface area contributed by atoms with Gasteiger partial charge in [0.25, 0.3) is 0 Å². The first-order valence-electron chi connectivity index (χ1n) is 8.49. The number of aliphatic imine (C=N–C) groups is 1. The van der Waals surface area contributed by atoms with Crippen molar-refractivity contribution in [1.29, 1.82) is 0 Å². The second kappa shape index (κ2) is 9.59. The Kier molecular flexibility index (Phi) is 7.47. The van der Waals surface area contributed by atoms with E-state index in [2.05, 4.69) is 44.1 Å². The lowest BCUT2D eigenvalue weighted by Gasteiger charge is -2.16. The number of sulfonamides is 1. The third-order valence-electron chi connectivity index (χ3n) is 3.75. The fourth-order valence-corrected chi connectivity index (χ4v) is 3.77. The van der Waals surface area contributed by atoms with Gasteiger partial charge in [-0.15, -0.1) is 0 Å². The largest absolute Gasteiger partial charge is 0.357 e. The standard InChI is InChI=1S/C18H26N4O2S2/c1-4-19-18(20-11-14(2)16-9-10-25-13-16)21-12-15-7-5-6-8-17(15)22-26(3,23)24/h5-10,13-14,22H,4,11-12H2,1-3H3,(H2,19,20,21). The number of thiophene rings is 1. The molecule has 8 heteroatoms. The van der Waals surface area contributed by atoms with Crippen LogP contribution < -0.4 is 15.4 Å². The quantitative estimate of drug-likeness (QED) is 0.475. The minimum absolute atomic E-state index is 0.376. The molecule has 2 rings (SSSR count). The zero-order valence-corrected chi connectivity index (χ0v) is 17.0. The maximum Gasteiger partial charge on any atom is 0.229 e. The monoisotopic (exact) mass is 394 g/mol. The van der Waals surface area contributed by atoms with Gasteiger partial charge < -0.3 is 10.6 Å². The third-order valence-corrected chi connectivity index (χ3v) is 5.04. The summed E-state index contributed by atoms with van der Waals surface area (Å²) in [5.74, 6) is 1.09. The van der Waals surface area contributed by atoms with E-state index in [0.29, 0.717) is 24.1 Å². The van der Waals surface area contributed by atoms with Gasteiger partial charge in [0.1, 0.15) is 0 Å². The van der Waals surface area contributed by atoms with Crippen molar-refractivity contribution >= 4 is 33.0 Å². The van der Waals surface area contributed by atoms with Crippen molar-refractivity contribution in [3.63, 3.8) is 0 Å². The molecule has 3 N–H and O–H groups in total. The predicted octanol–water partition coefficient (Wildman–Crippen LogP) is 2.98. The van der Waals surface area contributed by atoms with Gasteiger partial charge in [-0.25, -0.2) is 13.4 Å². The van der Waals surface area contributed by atoms with E-state index in [1.165, 1.54) is 5.56 Å². The highest BCUT2D eigenvalue weighted by molar-refractivity contribution is 7.92. The molecule has 0 bridgehead atoms. The number of guanidine groups is 1. The molecule has 0 saturated carbocycles. The molecule has 0 aliphatic carbocycles.